The number of amides is 1. The van der Waals surface area contributed by atoms with Gasteiger partial charge in [-0.25, -0.2) is 0 Å². The highest BCUT2D eigenvalue weighted by Gasteiger charge is 2.24. The van der Waals surface area contributed by atoms with Crippen LogP contribution in [0.2, 0.25) is 0 Å². The van der Waals surface area contributed by atoms with Crippen molar-refractivity contribution in [3.8, 4) is 0 Å². The van der Waals surface area contributed by atoms with Crippen LogP contribution in [0.25, 0.3) is 10.9 Å². The molecule has 0 radical (unpaired) electrons. The first-order valence-corrected chi connectivity index (χ1v) is 12.1. The molecule has 0 bridgehead atoms. The molecule has 0 fully saturated rings. The molecule has 1 N–H and O–H groups in total. The zero-order chi connectivity index (χ0) is 25.6. The highest BCUT2D eigenvalue weighted by atomic mass is 16.6. The van der Waals surface area contributed by atoms with Crippen LogP contribution in [0.5, 0.6) is 0 Å². The number of nitrogens with one attached hydrogen (secondary N) is 1. The van der Waals surface area contributed by atoms with E-state index in [9.17, 15) is 14.9 Å². The summed E-state index contributed by atoms with van der Waals surface area (Å²) in [5.41, 5.74) is 4.82. The molecule has 2 heterocycles. The molecule has 0 saturated heterocycles. The molecule has 5 rings (SSSR count). The van der Waals surface area contributed by atoms with E-state index in [4.69, 9.17) is 0 Å². The number of fused-ring (bicyclic) bond motifs is 1. The number of pyridine rings is 1. The second kappa shape index (κ2) is 10.9. The Bertz CT molecular complexity index is 1520. The third-order valence-electron chi connectivity index (χ3n) is 6.48. The van der Waals surface area contributed by atoms with E-state index in [0.29, 0.717) is 13.1 Å². The van der Waals surface area contributed by atoms with Crippen LogP contribution in [-0.4, -0.2) is 20.4 Å². The maximum Gasteiger partial charge on any atom is 0.270 e. The summed E-state index contributed by atoms with van der Waals surface area (Å²) in [6.07, 6.45) is 5.66. The van der Waals surface area contributed by atoms with E-state index < -0.39 is 0 Å². The number of hydrogen-bond acceptors (Lipinski definition) is 4. The number of non-ortho nitro benzene ring substituents is 1. The summed E-state index contributed by atoms with van der Waals surface area (Å²) in [7, 11) is 0. The minimum atomic E-state index is -0.379. The first-order valence-electron chi connectivity index (χ1n) is 12.1. The first-order chi connectivity index (χ1) is 18.1. The van der Waals surface area contributed by atoms with Crippen LogP contribution < -0.4 is 5.32 Å². The standard InChI is InChI=1S/C30H26N4O3/c35-30(32-19-23-10-7-15-31-18-23)17-26(24-11-5-2-6-12-24)28-21-33(20-22-8-3-1-4-9-22)29-14-13-25(34(36)37)16-27(28)29/h1-16,18,21,26H,17,19-20H2,(H,32,35). The van der Waals surface area contributed by atoms with Gasteiger partial charge in [-0.2, -0.15) is 0 Å². The van der Waals surface area contributed by atoms with Gasteiger partial charge in [0, 0.05) is 67.1 Å². The van der Waals surface area contributed by atoms with E-state index in [1.165, 1.54) is 6.07 Å². The smallest absolute Gasteiger partial charge is 0.270 e. The number of nitro benzene ring substituents is 1. The molecule has 37 heavy (non-hydrogen) atoms. The largest absolute Gasteiger partial charge is 0.352 e. The van der Waals surface area contributed by atoms with Gasteiger partial charge in [0.25, 0.3) is 5.69 Å². The van der Waals surface area contributed by atoms with Gasteiger partial charge in [-0.3, -0.25) is 19.9 Å². The van der Waals surface area contributed by atoms with Crippen LogP contribution in [0.4, 0.5) is 5.69 Å². The SMILES string of the molecule is O=C(CC(c1ccccc1)c1cn(Cc2ccccc2)c2ccc([N+](=O)[O-])cc12)NCc1cccnc1. The van der Waals surface area contributed by atoms with E-state index in [1.807, 2.05) is 66.9 Å². The maximum absolute atomic E-state index is 13.1. The first kappa shape index (κ1) is 23.9. The molecule has 0 aliphatic carbocycles. The lowest BCUT2D eigenvalue weighted by Gasteiger charge is -2.17. The lowest BCUT2D eigenvalue weighted by Crippen LogP contribution is -2.25. The van der Waals surface area contributed by atoms with Gasteiger partial charge in [0.2, 0.25) is 5.91 Å². The third kappa shape index (κ3) is 5.56. The summed E-state index contributed by atoms with van der Waals surface area (Å²) in [5.74, 6) is -0.385. The van der Waals surface area contributed by atoms with Gasteiger partial charge in [0.1, 0.15) is 0 Å². The molecule has 3 aromatic carbocycles. The monoisotopic (exact) mass is 490 g/mol. The number of aromatic nitrogens is 2. The van der Waals surface area contributed by atoms with Crippen molar-refractivity contribution >= 4 is 22.5 Å². The van der Waals surface area contributed by atoms with Gasteiger partial charge in [-0.15, -0.1) is 0 Å². The minimum absolute atomic E-state index is 0.0269. The van der Waals surface area contributed by atoms with Crippen molar-refractivity contribution in [1.82, 2.24) is 14.9 Å². The van der Waals surface area contributed by atoms with Crippen LogP contribution in [0, 0.1) is 10.1 Å². The predicted octanol–water partition coefficient (Wildman–Crippen LogP) is 5.83. The van der Waals surface area contributed by atoms with Crippen LogP contribution in [0.1, 0.15) is 34.6 Å². The molecule has 7 heteroatoms. The van der Waals surface area contributed by atoms with Gasteiger partial charge in [0.15, 0.2) is 0 Å². The molecule has 2 aromatic heterocycles. The molecule has 1 amide bonds. The van der Waals surface area contributed by atoms with Crippen molar-refractivity contribution < 1.29 is 9.72 Å². The Morgan fingerprint density at radius 3 is 2.38 bits per heavy atom. The summed E-state index contributed by atoms with van der Waals surface area (Å²) in [6, 6.07) is 28.6. The molecule has 0 saturated carbocycles. The van der Waals surface area contributed by atoms with Crippen molar-refractivity contribution in [1.29, 1.82) is 0 Å². The minimum Gasteiger partial charge on any atom is -0.352 e. The van der Waals surface area contributed by atoms with Crippen LogP contribution >= 0.6 is 0 Å². The van der Waals surface area contributed by atoms with Gasteiger partial charge in [-0.05, 0) is 34.4 Å². The zero-order valence-electron chi connectivity index (χ0n) is 20.2. The Morgan fingerprint density at radius 2 is 1.68 bits per heavy atom. The predicted molar refractivity (Wildman–Crippen MR) is 143 cm³/mol. The second-order valence-electron chi connectivity index (χ2n) is 8.96. The zero-order valence-corrected chi connectivity index (χ0v) is 20.2. The molecule has 0 spiro atoms. The average Bonchev–Trinajstić information content (AvgIpc) is 3.29. The lowest BCUT2D eigenvalue weighted by atomic mass is 9.88. The lowest BCUT2D eigenvalue weighted by molar-refractivity contribution is -0.384. The van der Waals surface area contributed by atoms with Crippen LogP contribution in [-0.2, 0) is 17.9 Å². The quantitative estimate of drug-likeness (QED) is 0.208. The number of carbonyl (C=O) groups excluding carboxylic acids is 1. The molecule has 0 aliphatic heterocycles. The second-order valence-corrected chi connectivity index (χ2v) is 8.96. The molecule has 184 valence electrons. The summed E-state index contributed by atoms with van der Waals surface area (Å²) in [5, 5.41) is 15.4. The van der Waals surface area contributed by atoms with Crippen molar-refractivity contribution in [3.05, 3.63) is 142 Å². The highest BCUT2D eigenvalue weighted by molar-refractivity contribution is 5.88. The summed E-state index contributed by atoms with van der Waals surface area (Å²) >= 11 is 0. The Balaban J connectivity index is 1.54. The number of nitrogens with zero attached hydrogens (tertiary/aromatic N) is 3. The van der Waals surface area contributed by atoms with Crippen LogP contribution in [0.15, 0.2) is 110 Å². The Morgan fingerprint density at radius 1 is 0.946 bits per heavy atom. The summed E-state index contributed by atoms with van der Waals surface area (Å²) in [6.45, 7) is 0.999. The summed E-state index contributed by atoms with van der Waals surface area (Å²) < 4.78 is 2.10. The molecular weight excluding hydrogens is 464 g/mol. The number of benzene rings is 3. The number of carbonyl (C=O) groups is 1. The fraction of sp³-hybridized carbons (Fsp3) is 0.133. The molecule has 0 aliphatic rings. The Hall–Kier alpha value is -4.78. The molecule has 5 aromatic rings. The van der Waals surface area contributed by atoms with E-state index in [-0.39, 0.29) is 28.9 Å². The Kier molecular flexibility index (Phi) is 7.03. The maximum atomic E-state index is 13.1. The number of nitro groups is 1. The van der Waals surface area contributed by atoms with E-state index >= 15 is 0 Å². The normalized spacial score (nSPS) is 11.8. The molecule has 1 atom stereocenters. The summed E-state index contributed by atoms with van der Waals surface area (Å²) in [4.78, 5) is 28.5. The van der Waals surface area contributed by atoms with Gasteiger partial charge in [0.05, 0.1) is 4.92 Å². The number of hydrogen-bond donors (Lipinski definition) is 1. The van der Waals surface area contributed by atoms with Gasteiger partial charge in [-0.1, -0.05) is 66.7 Å². The van der Waals surface area contributed by atoms with Crippen molar-refractivity contribution in [3.63, 3.8) is 0 Å². The Labute approximate surface area is 214 Å². The van der Waals surface area contributed by atoms with Crippen LogP contribution in [0.3, 0.4) is 0 Å². The molecular formula is C30H26N4O3. The average molecular weight is 491 g/mol. The highest BCUT2D eigenvalue weighted by Crippen LogP contribution is 2.36. The molecule has 7 nitrogen and oxygen atoms in total. The fourth-order valence-electron chi connectivity index (χ4n) is 4.67. The topological polar surface area (TPSA) is 90.1 Å². The third-order valence-corrected chi connectivity index (χ3v) is 6.48. The van der Waals surface area contributed by atoms with E-state index in [1.54, 1.807) is 24.5 Å². The number of rotatable bonds is 9. The van der Waals surface area contributed by atoms with E-state index in [0.717, 1.165) is 33.2 Å². The van der Waals surface area contributed by atoms with Crippen molar-refractivity contribution in [2.75, 3.05) is 0 Å². The van der Waals surface area contributed by atoms with Gasteiger partial charge < -0.3 is 9.88 Å². The van der Waals surface area contributed by atoms with Crippen molar-refractivity contribution in [2.45, 2.75) is 25.4 Å². The molecule has 1 unspecified atom stereocenters. The fourth-order valence-corrected chi connectivity index (χ4v) is 4.67. The van der Waals surface area contributed by atoms with Crippen molar-refractivity contribution in [2.24, 2.45) is 0 Å². The van der Waals surface area contributed by atoms with Gasteiger partial charge >= 0.3 is 0 Å². The van der Waals surface area contributed by atoms with E-state index in [2.05, 4.69) is 27.0 Å².